The van der Waals surface area contributed by atoms with E-state index in [9.17, 15) is 9.59 Å². The Hall–Kier alpha value is -2.88. The molecule has 126 valence electrons. The number of carbonyl (C=O) groups is 2. The van der Waals surface area contributed by atoms with E-state index in [0.29, 0.717) is 0 Å². The van der Waals surface area contributed by atoms with Gasteiger partial charge in [0.15, 0.2) is 0 Å². The van der Waals surface area contributed by atoms with Crippen LogP contribution < -0.4 is 0 Å². The minimum Gasteiger partial charge on any atom is -0.481 e. The van der Waals surface area contributed by atoms with Gasteiger partial charge in [-0.3, -0.25) is 9.59 Å². The minimum atomic E-state index is -0.745. The second-order valence-corrected chi connectivity index (χ2v) is 5.04. The molecule has 0 amide bonds. The molecule has 0 fully saturated rings. The molecule has 0 heterocycles. The van der Waals surface area contributed by atoms with E-state index in [1.165, 1.54) is 21.5 Å². The van der Waals surface area contributed by atoms with Gasteiger partial charge >= 0.3 is 11.9 Å². The second-order valence-electron chi connectivity index (χ2n) is 5.04. The molecule has 0 unspecified atom stereocenters. The van der Waals surface area contributed by atoms with Gasteiger partial charge in [0.1, 0.15) is 0 Å². The maximum absolute atomic E-state index is 9.37. The molecule has 0 radical (unpaired) electrons. The van der Waals surface area contributed by atoms with Gasteiger partial charge in [0.05, 0.1) is 0 Å². The first-order chi connectivity index (χ1) is 11.5. The van der Waals surface area contributed by atoms with E-state index in [-0.39, 0.29) is 12.8 Å². The third-order valence-corrected chi connectivity index (χ3v) is 3.22. The predicted molar refractivity (Wildman–Crippen MR) is 97.3 cm³/mol. The highest BCUT2D eigenvalue weighted by Crippen LogP contribution is 2.21. The van der Waals surface area contributed by atoms with Gasteiger partial charge in [-0.05, 0) is 33.7 Å². The van der Waals surface area contributed by atoms with Gasteiger partial charge in [0.25, 0.3) is 0 Å². The van der Waals surface area contributed by atoms with Gasteiger partial charge in [0.2, 0.25) is 0 Å². The highest BCUT2D eigenvalue weighted by molar-refractivity contribution is 5.98. The molecule has 3 aromatic rings. The van der Waals surface area contributed by atoms with Gasteiger partial charge in [-0.2, -0.15) is 0 Å². The van der Waals surface area contributed by atoms with Crippen molar-refractivity contribution in [1.82, 2.24) is 0 Å². The molecule has 0 aromatic heterocycles. The lowest BCUT2D eigenvalue weighted by Gasteiger charge is -2.00. The average molecular weight is 326 g/mol. The molecule has 0 saturated carbocycles. The molecule has 0 aliphatic carbocycles. The van der Waals surface area contributed by atoms with Crippen molar-refractivity contribution in [1.29, 1.82) is 0 Å². The molecule has 4 heteroatoms. The quantitative estimate of drug-likeness (QED) is 0.653. The molecule has 0 saturated heterocycles. The number of aliphatic carboxylic acids is 2. The maximum Gasteiger partial charge on any atom is 0.303 e. The third kappa shape index (κ3) is 6.48. The van der Waals surface area contributed by atoms with Gasteiger partial charge in [-0.15, -0.1) is 0 Å². The van der Waals surface area contributed by atoms with Crippen molar-refractivity contribution in [3.05, 3.63) is 60.7 Å². The summed E-state index contributed by atoms with van der Waals surface area (Å²) in [6, 6.07) is 21.4. The summed E-state index contributed by atoms with van der Waals surface area (Å²) in [5, 5.41) is 20.7. The van der Waals surface area contributed by atoms with Crippen molar-refractivity contribution in [3.63, 3.8) is 0 Å². The van der Waals surface area contributed by atoms with Crippen LogP contribution in [0.15, 0.2) is 60.7 Å². The molecule has 3 aromatic carbocycles. The van der Waals surface area contributed by atoms with E-state index in [1.807, 2.05) is 0 Å². The summed E-state index contributed by atoms with van der Waals surface area (Å²) < 4.78 is 0. The third-order valence-electron chi connectivity index (χ3n) is 3.22. The van der Waals surface area contributed by atoms with Gasteiger partial charge in [0, 0.05) is 12.8 Å². The molecular formula is C20H22O4. The SMILES string of the molecule is CCC(=O)O.CCC(=O)O.c1ccc2cc3ccccc3cc2c1. The monoisotopic (exact) mass is 326 g/mol. The average Bonchev–Trinajstić information content (AvgIpc) is 2.60. The number of hydrogen-bond donors (Lipinski definition) is 2. The van der Waals surface area contributed by atoms with Crippen LogP contribution in [-0.2, 0) is 9.59 Å². The topological polar surface area (TPSA) is 74.6 Å². The Morgan fingerprint density at radius 2 is 0.875 bits per heavy atom. The van der Waals surface area contributed by atoms with E-state index in [0.717, 1.165) is 0 Å². The minimum absolute atomic E-state index is 0.222. The molecule has 0 spiro atoms. The Labute approximate surface area is 141 Å². The van der Waals surface area contributed by atoms with Crippen LogP contribution in [0.25, 0.3) is 21.5 Å². The Bertz CT molecular complexity index is 690. The van der Waals surface area contributed by atoms with Crippen LogP contribution in [0.4, 0.5) is 0 Å². The molecule has 3 rings (SSSR count). The highest BCUT2D eigenvalue weighted by Gasteiger charge is 1.95. The second kappa shape index (κ2) is 10.0. The molecule has 0 aliphatic rings. The van der Waals surface area contributed by atoms with Crippen molar-refractivity contribution in [2.24, 2.45) is 0 Å². The first-order valence-electron chi connectivity index (χ1n) is 7.79. The van der Waals surface area contributed by atoms with Crippen LogP contribution >= 0.6 is 0 Å². The van der Waals surface area contributed by atoms with Crippen molar-refractivity contribution in [3.8, 4) is 0 Å². The Morgan fingerprint density at radius 3 is 1.04 bits per heavy atom. The zero-order valence-corrected chi connectivity index (χ0v) is 13.9. The van der Waals surface area contributed by atoms with Gasteiger partial charge < -0.3 is 10.2 Å². The summed E-state index contributed by atoms with van der Waals surface area (Å²) in [6.07, 6.45) is 0.444. The molecule has 0 atom stereocenters. The van der Waals surface area contributed by atoms with Crippen LogP contribution in [0.1, 0.15) is 26.7 Å². The molecular weight excluding hydrogens is 304 g/mol. The van der Waals surface area contributed by atoms with E-state index in [2.05, 4.69) is 60.7 Å². The van der Waals surface area contributed by atoms with Gasteiger partial charge in [-0.25, -0.2) is 0 Å². The number of carboxylic acid groups (broad SMARTS) is 2. The summed E-state index contributed by atoms with van der Waals surface area (Å²) in [4.78, 5) is 18.7. The molecule has 0 aliphatic heterocycles. The lowest BCUT2D eigenvalue weighted by Crippen LogP contribution is -1.86. The van der Waals surface area contributed by atoms with Crippen LogP contribution in [0.3, 0.4) is 0 Å². The van der Waals surface area contributed by atoms with Crippen LogP contribution in [0.5, 0.6) is 0 Å². The molecule has 2 N–H and O–H groups in total. The first-order valence-corrected chi connectivity index (χ1v) is 7.79. The van der Waals surface area contributed by atoms with Crippen LogP contribution in [0, 0.1) is 0 Å². The van der Waals surface area contributed by atoms with Crippen LogP contribution in [0.2, 0.25) is 0 Å². The normalized spacial score (nSPS) is 9.42. The van der Waals surface area contributed by atoms with Crippen molar-refractivity contribution in [2.75, 3.05) is 0 Å². The Balaban J connectivity index is 0.000000243. The Kier molecular flexibility index (Phi) is 7.99. The zero-order chi connectivity index (χ0) is 17.9. The lowest BCUT2D eigenvalue weighted by molar-refractivity contribution is -0.137. The number of rotatable bonds is 2. The van der Waals surface area contributed by atoms with Crippen molar-refractivity contribution in [2.45, 2.75) is 26.7 Å². The number of carboxylic acids is 2. The van der Waals surface area contributed by atoms with Crippen LogP contribution in [-0.4, -0.2) is 22.2 Å². The summed E-state index contributed by atoms with van der Waals surface area (Å²) in [7, 11) is 0. The fourth-order valence-corrected chi connectivity index (χ4v) is 1.88. The number of fused-ring (bicyclic) bond motifs is 2. The van der Waals surface area contributed by atoms with Gasteiger partial charge in [-0.1, -0.05) is 62.4 Å². The smallest absolute Gasteiger partial charge is 0.303 e. The maximum atomic E-state index is 9.37. The van der Waals surface area contributed by atoms with E-state index in [1.54, 1.807) is 13.8 Å². The number of hydrogen-bond acceptors (Lipinski definition) is 2. The summed E-state index contributed by atoms with van der Waals surface area (Å²) in [6.45, 7) is 3.20. The van der Waals surface area contributed by atoms with Crippen molar-refractivity contribution < 1.29 is 19.8 Å². The lowest BCUT2D eigenvalue weighted by atomic mass is 10.0. The fraction of sp³-hybridized carbons (Fsp3) is 0.200. The predicted octanol–water partition coefficient (Wildman–Crippen LogP) is 4.96. The molecule has 24 heavy (non-hydrogen) atoms. The fourth-order valence-electron chi connectivity index (χ4n) is 1.88. The summed E-state index contributed by atoms with van der Waals surface area (Å²) in [5.41, 5.74) is 0. The standard InChI is InChI=1S/C14H10.2C3H6O2/c1-2-6-12-10-14-8-4-3-7-13(14)9-11(12)5-1;2*1-2-3(4)5/h1-10H;2*2H2,1H3,(H,4,5). The molecule has 4 nitrogen and oxygen atoms in total. The van der Waals surface area contributed by atoms with E-state index in [4.69, 9.17) is 10.2 Å². The van der Waals surface area contributed by atoms with Crippen molar-refractivity contribution >= 4 is 33.5 Å². The van der Waals surface area contributed by atoms with E-state index < -0.39 is 11.9 Å². The largest absolute Gasteiger partial charge is 0.481 e. The highest BCUT2D eigenvalue weighted by atomic mass is 16.4. The number of benzene rings is 3. The Morgan fingerprint density at radius 1 is 0.667 bits per heavy atom. The summed E-state index contributed by atoms with van der Waals surface area (Å²) >= 11 is 0. The summed E-state index contributed by atoms with van der Waals surface area (Å²) in [5.74, 6) is -1.49. The first kappa shape index (κ1) is 19.2. The molecule has 0 bridgehead atoms. The zero-order valence-electron chi connectivity index (χ0n) is 13.9. The van der Waals surface area contributed by atoms with E-state index >= 15 is 0 Å².